The first kappa shape index (κ1) is 13.8. The molecule has 2 aromatic heterocycles. The molecule has 0 aromatic carbocycles. The van der Waals surface area contributed by atoms with Crippen LogP contribution in [0.4, 0.5) is 0 Å². The summed E-state index contributed by atoms with van der Waals surface area (Å²) in [7, 11) is 0. The average Bonchev–Trinajstić information content (AvgIpc) is 2.96. The maximum Gasteiger partial charge on any atom is 0.105 e. The number of hydrogen-bond donors (Lipinski definition) is 1. The molecule has 0 radical (unpaired) electrons. The molecule has 19 heavy (non-hydrogen) atoms. The van der Waals surface area contributed by atoms with Gasteiger partial charge in [0, 0.05) is 24.9 Å². The molecule has 2 rings (SSSR count). The van der Waals surface area contributed by atoms with Gasteiger partial charge in [0.1, 0.15) is 5.76 Å². The topological polar surface area (TPSA) is 38.1 Å². The fraction of sp³-hybridized carbons (Fsp3) is 0.438. The molecule has 0 aliphatic heterocycles. The molecule has 0 amide bonds. The van der Waals surface area contributed by atoms with Crippen LogP contribution >= 0.6 is 0 Å². The van der Waals surface area contributed by atoms with E-state index < -0.39 is 0 Å². The van der Waals surface area contributed by atoms with Gasteiger partial charge in [-0.3, -0.25) is 4.98 Å². The average molecular weight is 258 g/mol. The Morgan fingerprint density at radius 3 is 2.95 bits per heavy atom. The van der Waals surface area contributed by atoms with E-state index in [0.29, 0.717) is 6.04 Å². The van der Waals surface area contributed by atoms with E-state index in [1.165, 1.54) is 5.56 Å². The first-order valence-electron chi connectivity index (χ1n) is 7.03. The summed E-state index contributed by atoms with van der Waals surface area (Å²) in [4.78, 5) is 4.16. The lowest BCUT2D eigenvalue weighted by Gasteiger charge is -2.17. The van der Waals surface area contributed by atoms with Gasteiger partial charge in [0.2, 0.25) is 0 Å². The summed E-state index contributed by atoms with van der Waals surface area (Å²) >= 11 is 0. The lowest BCUT2D eigenvalue weighted by molar-refractivity contribution is 0.424. The van der Waals surface area contributed by atoms with Crippen molar-refractivity contribution in [3.63, 3.8) is 0 Å². The quantitative estimate of drug-likeness (QED) is 0.790. The molecule has 0 aliphatic rings. The summed E-state index contributed by atoms with van der Waals surface area (Å²) in [6, 6.07) is 8.59. The summed E-state index contributed by atoms with van der Waals surface area (Å²) in [5.41, 5.74) is 1.30. The predicted octanol–water partition coefficient (Wildman–Crippen LogP) is 3.22. The van der Waals surface area contributed by atoms with Crippen molar-refractivity contribution in [1.82, 2.24) is 10.3 Å². The van der Waals surface area contributed by atoms with Crippen molar-refractivity contribution in [1.29, 1.82) is 0 Å². The Balaban J connectivity index is 1.86. The lowest BCUT2D eigenvalue weighted by atomic mass is 10.0. The van der Waals surface area contributed by atoms with E-state index in [0.717, 1.165) is 38.0 Å². The molecule has 0 fully saturated rings. The SMILES string of the molecule is CCCNC(CCc1cccnc1)Cc1ccco1. The van der Waals surface area contributed by atoms with E-state index in [4.69, 9.17) is 4.42 Å². The van der Waals surface area contributed by atoms with Gasteiger partial charge < -0.3 is 9.73 Å². The van der Waals surface area contributed by atoms with Crippen LogP contribution in [-0.4, -0.2) is 17.6 Å². The van der Waals surface area contributed by atoms with Gasteiger partial charge in [-0.1, -0.05) is 13.0 Å². The van der Waals surface area contributed by atoms with Crippen LogP contribution in [0.1, 0.15) is 31.1 Å². The zero-order valence-electron chi connectivity index (χ0n) is 11.5. The Morgan fingerprint density at radius 1 is 1.32 bits per heavy atom. The third kappa shape index (κ3) is 4.87. The number of hydrogen-bond acceptors (Lipinski definition) is 3. The van der Waals surface area contributed by atoms with Crippen LogP contribution in [0.15, 0.2) is 47.3 Å². The summed E-state index contributed by atoms with van der Waals surface area (Å²) < 4.78 is 5.44. The van der Waals surface area contributed by atoms with E-state index in [2.05, 4.69) is 23.3 Å². The Morgan fingerprint density at radius 2 is 2.26 bits per heavy atom. The van der Waals surface area contributed by atoms with Gasteiger partial charge in [-0.25, -0.2) is 0 Å². The zero-order valence-corrected chi connectivity index (χ0v) is 11.5. The highest BCUT2D eigenvalue weighted by Crippen LogP contribution is 2.10. The largest absolute Gasteiger partial charge is 0.469 e. The fourth-order valence-electron chi connectivity index (χ4n) is 2.18. The van der Waals surface area contributed by atoms with Gasteiger partial charge in [-0.2, -0.15) is 0 Å². The molecule has 2 aromatic rings. The van der Waals surface area contributed by atoms with Crippen molar-refractivity contribution < 1.29 is 4.42 Å². The Hall–Kier alpha value is -1.61. The summed E-state index contributed by atoms with van der Waals surface area (Å²) in [5, 5.41) is 3.60. The minimum atomic E-state index is 0.464. The molecule has 2 heterocycles. The number of nitrogens with one attached hydrogen (secondary N) is 1. The number of rotatable bonds is 8. The molecule has 0 bridgehead atoms. The summed E-state index contributed by atoms with van der Waals surface area (Å²) in [5.74, 6) is 1.06. The number of aromatic nitrogens is 1. The Kier molecular flexibility index (Phi) is 5.63. The van der Waals surface area contributed by atoms with E-state index in [9.17, 15) is 0 Å². The molecule has 3 nitrogen and oxygen atoms in total. The number of nitrogens with zero attached hydrogens (tertiary/aromatic N) is 1. The normalized spacial score (nSPS) is 12.5. The fourth-order valence-corrected chi connectivity index (χ4v) is 2.18. The molecule has 0 spiro atoms. The molecule has 1 atom stereocenters. The van der Waals surface area contributed by atoms with Crippen LogP contribution in [0, 0.1) is 0 Å². The van der Waals surface area contributed by atoms with E-state index in [-0.39, 0.29) is 0 Å². The van der Waals surface area contributed by atoms with Crippen LogP contribution in [0.3, 0.4) is 0 Å². The third-order valence-electron chi connectivity index (χ3n) is 3.21. The summed E-state index contributed by atoms with van der Waals surface area (Å²) in [6.07, 6.45) is 9.77. The number of aryl methyl sites for hydroxylation is 1. The van der Waals surface area contributed by atoms with E-state index >= 15 is 0 Å². The van der Waals surface area contributed by atoms with Crippen LogP contribution in [0.25, 0.3) is 0 Å². The van der Waals surface area contributed by atoms with E-state index in [1.54, 1.807) is 6.26 Å². The van der Waals surface area contributed by atoms with Crippen molar-refractivity contribution in [2.24, 2.45) is 0 Å². The minimum Gasteiger partial charge on any atom is -0.469 e. The molecule has 0 aliphatic carbocycles. The van der Waals surface area contributed by atoms with Crippen LogP contribution in [-0.2, 0) is 12.8 Å². The second kappa shape index (κ2) is 7.74. The number of pyridine rings is 1. The predicted molar refractivity (Wildman–Crippen MR) is 77.1 cm³/mol. The van der Waals surface area contributed by atoms with Gasteiger partial charge in [0.25, 0.3) is 0 Å². The molecule has 3 heteroatoms. The van der Waals surface area contributed by atoms with Gasteiger partial charge >= 0.3 is 0 Å². The highest BCUT2D eigenvalue weighted by molar-refractivity contribution is 5.09. The van der Waals surface area contributed by atoms with Crippen LogP contribution in [0.5, 0.6) is 0 Å². The van der Waals surface area contributed by atoms with Crippen molar-refractivity contribution in [2.75, 3.05) is 6.54 Å². The standard InChI is InChI=1S/C16H22N2O/c1-2-9-18-15(12-16-6-4-11-19-16)8-7-14-5-3-10-17-13-14/h3-6,10-11,13,15,18H,2,7-9,12H2,1H3. The van der Waals surface area contributed by atoms with Gasteiger partial charge in [-0.15, -0.1) is 0 Å². The molecule has 102 valence electrons. The molecular weight excluding hydrogens is 236 g/mol. The van der Waals surface area contributed by atoms with Gasteiger partial charge in [0.15, 0.2) is 0 Å². The lowest BCUT2D eigenvalue weighted by Crippen LogP contribution is -2.32. The second-order valence-electron chi connectivity index (χ2n) is 4.83. The molecule has 0 saturated heterocycles. The first-order valence-corrected chi connectivity index (χ1v) is 7.03. The molecular formula is C16H22N2O. The van der Waals surface area contributed by atoms with Gasteiger partial charge in [-0.05, 0) is 49.6 Å². The monoisotopic (exact) mass is 258 g/mol. The maximum absolute atomic E-state index is 5.44. The van der Waals surface area contributed by atoms with Crippen molar-refractivity contribution in [3.8, 4) is 0 Å². The van der Waals surface area contributed by atoms with Crippen LogP contribution < -0.4 is 5.32 Å². The third-order valence-corrected chi connectivity index (χ3v) is 3.21. The van der Waals surface area contributed by atoms with Crippen molar-refractivity contribution in [2.45, 2.75) is 38.6 Å². The first-order chi connectivity index (χ1) is 9.38. The molecule has 1 N–H and O–H groups in total. The highest BCUT2D eigenvalue weighted by Gasteiger charge is 2.10. The van der Waals surface area contributed by atoms with Crippen molar-refractivity contribution >= 4 is 0 Å². The molecule has 0 saturated carbocycles. The summed E-state index contributed by atoms with van der Waals surface area (Å²) in [6.45, 7) is 3.25. The number of furan rings is 1. The Bertz CT molecular complexity index is 439. The zero-order chi connectivity index (χ0) is 13.3. The minimum absolute atomic E-state index is 0.464. The van der Waals surface area contributed by atoms with Crippen molar-refractivity contribution in [3.05, 3.63) is 54.2 Å². The molecule has 1 unspecified atom stereocenters. The van der Waals surface area contributed by atoms with E-state index in [1.807, 2.05) is 30.6 Å². The maximum atomic E-state index is 5.44. The smallest absolute Gasteiger partial charge is 0.105 e. The van der Waals surface area contributed by atoms with Gasteiger partial charge in [0.05, 0.1) is 6.26 Å². The second-order valence-corrected chi connectivity index (χ2v) is 4.83. The highest BCUT2D eigenvalue weighted by atomic mass is 16.3. The Labute approximate surface area is 115 Å². The van der Waals surface area contributed by atoms with Crippen LogP contribution in [0.2, 0.25) is 0 Å².